The normalized spacial score (nSPS) is 13.0. The number of fused-ring (bicyclic) bond motifs is 16. The SMILES string of the molecule is c1ccc(-c2cccc(N(c3ccc4c(c3)C3(c5ccccc5-c5ccccc53)c3ccccc3-4)c3cccc4oc5c6ccccc6c(-c6ccc7ccccc7c6)cc5c34)c2)cc1. The highest BCUT2D eigenvalue weighted by atomic mass is 16.3. The molecule has 1 heterocycles. The van der Waals surface area contributed by atoms with Crippen molar-refractivity contribution in [2.24, 2.45) is 0 Å². The minimum Gasteiger partial charge on any atom is -0.455 e. The molecule has 12 aromatic rings. The van der Waals surface area contributed by atoms with Crippen molar-refractivity contribution in [1.29, 1.82) is 0 Å². The monoisotopic (exact) mass is 825 g/mol. The Bertz CT molecular complexity index is 3850. The van der Waals surface area contributed by atoms with Crippen LogP contribution in [-0.2, 0) is 5.41 Å². The van der Waals surface area contributed by atoms with E-state index in [1.54, 1.807) is 0 Å². The Labute approximate surface area is 376 Å². The van der Waals surface area contributed by atoms with E-state index in [1.807, 2.05) is 0 Å². The first-order valence-electron chi connectivity index (χ1n) is 22.5. The van der Waals surface area contributed by atoms with Crippen molar-refractivity contribution >= 4 is 60.5 Å². The Morgan fingerprint density at radius 2 is 0.923 bits per heavy atom. The fourth-order valence-corrected chi connectivity index (χ4v) is 11.5. The second-order valence-corrected chi connectivity index (χ2v) is 17.5. The summed E-state index contributed by atoms with van der Waals surface area (Å²) in [7, 11) is 0. The van der Waals surface area contributed by atoms with E-state index in [1.165, 1.54) is 77.4 Å². The maximum atomic E-state index is 7.03. The van der Waals surface area contributed by atoms with Crippen molar-refractivity contribution in [3.05, 3.63) is 259 Å². The largest absolute Gasteiger partial charge is 0.455 e. The molecule has 0 bridgehead atoms. The van der Waals surface area contributed by atoms with E-state index in [0.717, 1.165) is 50.0 Å². The van der Waals surface area contributed by atoms with Gasteiger partial charge in [-0.15, -0.1) is 0 Å². The third-order valence-electron chi connectivity index (χ3n) is 14.2. The number of furan rings is 1. The first-order valence-corrected chi connectivity index (χ1v) is 22.5. The lowest BCUT2D eigenvalue weighted by molar-refractivity contribution is 0.672. The lowest BCUT2D eigenvalue weighted by Crippen LogP contribution is -2.26. The van der Waals surface area contributed by atoms with Gasteiger partial charge in [-0.2, -0.15) is 0 Å². The quantitative estimate of drug-likeness (QED) is 0.172. The van der Waals surface area contributed by atoms with Gasteiger partial charge in [-0.3, -0.25) is 0 Å². The van der Waals surface area contributed by atoms with Crippen molar-refractivity contribution in [3.63, 3.8) is 0 Å². The molecule has 0 saturated carbocycles. The summed E-state index contributed by atoms with van der Waals surface area (Å²) < 4.78 is 7.03. The smallest absolute Gasteiger partial charge is 0.143 e. The molecule has 0 fully saturated rings. The van der Waals surface area contributed by atoms with Crippen LogP contribution < -0.4 is 4.90 Å². The third kappa shape index (κ3) is 5.11. The van der Waals surface area contributed by atoms with Gasteiger partial charge in [-0.05, 0) is 131 Å². The van der Waals surface area contributed by atoms with E-state index in [0.29, 0.717) is 0 Å². The van der Waals surface area contributed by atoms with Crippen molar-refractivity contribution in [1.82, 2.24) is 0 Å². The summed E-state index contributed by atoms with van der Waals surface area (Å²) in [5.41, 5.74) is 19.6. The summed E-state index contributed by atoms with van der Waals surface area (Å²) in [5.74, 6) is 0. The number of benzene rings is 11. The molecule has 0 N–H and O–H groups in total. The van der Waals surface area contributed by atoms with Crippen molar-refractivity contribution in [2.45, 2.75) is 5.41 Å². The molecule has 0 aliphatic heterocycles. The van der Waals surface area contributed by atoms with Gasteiger partial charge in [0, 0.05) is 22.1 Å². The Morgan fingerprint density at radius 1 is 0.323 bits per heavy atom. The van der Waals surface area contributed by atoms with E-state index < -0.39 is 5.41 Å². The highest BCUT2D eigenvalue weighted by molar-refractivity contribution is 6.23. The van der Waals surface area contributed by atoms with E-state index in [-0.39, 0.29) is 0 Å². The van der Waals surface area contributed by atoms with Gasteiger partial charge in [0.25, 0.3) is 0 Å². The molecule has 0 saturated heterocycles. The maximum Gasteiger partial charge on any atom is 0.143 e. The molecule has 2 aliphatic rings. The molecule has 2 aliphatic carbocycles. The van der Waals surface area contributed by atoms with E-state index in [9.17, 15) is 0 Å². The summed E-state index contributed by atoms with van der Waals surface area (Å²) in [6.07, 6.45) is 0. The molecule has 14 rings (SSSR count). The Balaban J connectivity index is 1.06. The topological polar surface area (TPSA) is 16.4 Å². The van der Waals surface area contributed by atoms with Gasteiger partial charge in [0.05, 0.1) is 16.5 Å². The molecule has 2 nitrogen and oxygen atoms in total. The van der Waals surface area contributed by atoms with Gasteiger partial charge < -0.3 is 9.32 Å². The summed E-state index contributed by atoms with van der Waals surface area (Å²) in [6.45, 7) is 0. The minimum atomic E-state index is -0.477. The summed E-state index contributed by atoms with van der Waals surface area (Å²) in [5, 5.41) is 6.89. The number of nitrogens with zero attached hydrogens (tertiary/aromatic N) is 1. The lowest BCUT2D eigenvalue weighted by Gasteiger charge is -2.32. The number of rotatable bonds is 5. The van der Waals surface area contributed by atoms with Gasteiger partial charge in [0.2, 0.25) is 0 Å². The Hall–Kier alpha value is -8.46. The fraction of sp³-hybridized carbons (Fsp3) is 0.0159. The standard InChI is InChI=1S/C63H39NO/c1-2-16-40(17-3-1)43-20-14-21-45(37-43)64(46-34-35-51-50-25-10-13-29-57(50)63(58(51)38-46)55-27-11-8-23-48(55)49-24-9-12-28-56(49)63)59-30-15-31-60-61(59)54-39-53(47-22-6-7-26-52(47)62(54)65-60)44-33-32-41-18-4-5-19-42(41)36-44/h1-39H. The Kier molecular flexibility index (Phi) is 7.64. The van der Waals surface area contributed by atoms with Crippen molar-refractivity contribution in [3.8, 4) is 44.5 Å². The molecular formula is C63H39NO. The van der Waals surface area contributed by atoms with Gasteiger partial charge in [-0.1, -0.05) is 188 Å². The fourth-order valence-electron chi connectivity index (χ4n) is 11.5. The molecule has 0 radical (unpaired) electrons. The molecule has 65 heavy (non-hydrogen) atoms. The minimum absolute atomic E-state index is 0.477. The first kappa shape index (κ1) is 36.1. The number of hydrogen-bond acceptors (Lipinski definition) is 2. The lowest BCUT2D eigenvalue weighted by atomic mass is 9.70. The molecule has 0 atom stereocenters. The second kappa shape index (κ2) is 13.8. The predicted molar refractivity (Wildman–Crippen MR) is 271 cm³/mol. The van der Waals surface area contributed by atoms with Crippen LogP contribution in [0.2, 0.25) is 0 Å². The van der Waals surface area contributed by atoms with Crippen LogP contribution in [-0.4, -0.2) is 0 Å². The van der Waals surface area contributed by atoms with E-state index >= 15 is 0 Å². The highest BCUT2D eigenvalue weighted by Gasteiger charge is 2.51. The van der Waals surface area contributed by atoms with Crippen LogP contribution in [0.4, 0.5) is 17.1 Å². The van der Waals surface area contributed by atoms with Gasteiger partial charge in [-0.25, -0.2) is 0 Å². The maximum absolute atomic E-state index is 7.03. The average Bonchev–Trinajstić information content (AvgIpc) is 4.01. The third-order valence-corrected chi connectivity index (χ3v) is 14.2. The van der Waals surface area contributed by atoms with Crippen molar-refractivity contribution < 1.29 is 4.42 Å². The van der Waals surface area contributed by atoms with E-state index in [2.05, 4.69) is 241 Å². The molecule has 2 heteroatoms. The van der Waals surface area contributed by atoms with Gasteiger partial charge in [0.1, 0.15) is 11.2 Å². The number of anilines is 3. The molecule has 302 valence electrons. The molecule has 11 aromatic carbocycles. The zero-order valence-electron chi connectivity index (χ0n) is 35.4. The van der Waals surface area contributed by atoms with E-state index in [4.69, 9.17) is 4.42 Å². The van der Waals surface area contributed by atoms with Gasteiger partial charge >= 0.3 is 0 Å². The van der Waals surface area contributed by atoms with Crippen LogP contribution in [0.3, 0.4) is 0 Å². The summed E-state index contributed by atoms with van der Waals surface area (Å²) in [6, 6.07) is 87.1. The molecule has 0 unspecified atom stereocenters. The van der Waals surface area contributed by atoms with Gasteiger partial charge in [0.15, 0.2) is 0 Å². The molecule has 0 amide bonds. The predicted octanol–water partition coefficient (Wildman–Crippen LogP) is 17.0. The second-order valence-electron chi connectivity index (χ2n) is 17.5. The molecule has 1 spiro atoms. The van der Waals surface area contributed by atoms with Crippen LogP contribution in [0.5, 0.6) is 0 Å². The zero-order chi connectivity index (χ0) is 42.6. The first-order chi connectivity index (χ1) is 32.2. The average molecular weight is 826 g/mol. The number of hydrogen-bond donors (Lipinski definition) is 0. The zero-order valence-corrected chi connectivity index (χ0v) is 35.4. The molecular weight excluding hydrogens is 787 g/mol. The summed E-state index contributed by atoms with van der Waals surface area (Å²) >= 11 is 0. The van der Waals surface area contributed by atoms with Crippen LogP contribution in [0.1, 0.15) is 22.3 Å². The highest BCUT2D eigenvalue weighted by Crippen LogP contribution is 2.63. The van der Waals surface area contributed by atoms with Crippen LogP contribution in [0.25, 0.3) is 88.0 Å². The molecule has 1 aromatic heterocycles. The van der Waals surface area contributed by atoms with Crippen LogP contribution in [0.15, 0.2) is 241 Å². The van der Waals surface area contributed by atoms with Crippen LogP contribution >= 0.6 is 0 Å². The van der Waals surface area contributed by atoms with Crippen LogP contribution in [0, 0.1) is 0 Å². The summed E-state index contributed by atoms with van der Waals surface area (Å²) in [4.78, 5) is 2.47. The van der Waals surface area contributed by atoms with Crippen molar-refractivity contribution in [2.75, 3.05) is 4.90 Å². The Morgan fingerprint density at radius 3 is 1.68 bits per heavy atom.